The van der Waals surface area contributed by atoms with E-state index in [0.29, 0.717) is 5.69 Å². The molecule has 0 bridgehead atoms. The van der Waals surface area contributed by atoms with Crippen molar-refractivity contribution >= 4 is 35.0 Å². The SMILES string of the molecule is Cc1ccc(NC(=O)[C@@]2(Sc3ccccc3)N=N[C@@H](c3ccccc3)[C@@H]2Cl)cc1. The largest absolute Gasteiger partial charge is 0.323 e. The topological polar surface area (TPSA) is 53.8 Å². The van der Waals surface area contributed by atoms with Crippen LogP contribution in [0.5, 0.6) is 0 Å². The van der Waals surface area contributed by atoms with Gasteiger partial charge < -0.3 is 5.32 Å². The van der Waals surface area contributed by atoms with Crippen molar-refractivity contribution < 1.29 is 4.79 Å². The highest BCUT2D eigenvalue weighted by Gasteiger charge is 2.54. The van der Waals surface area contributed by atoms with E-state index >= 15 is 0 Å². The Bertz CT molecular complexity index is 1010. The predicted octanol–water partition coefficient (Wildman–Crippen LogP) is 6.24. The van der Waals surface area contributed by atoms with Gasteiger partial charge in [0.2, 0.25) is 4.87 Å². The fraction of sp³-hybridized carbons (Fsp3) is 0.174. The van der Waals surface area contributed by atoms with Crippen molar-refractivity contribution in [1.82, 2.24) is 0 Å². The molecule has 3 aromatic rings. The van der Waals surface area contributed by atoms with Crippen molar-refractivity contribution in [2.45, 2.75) is 28.1 Å². The smallest absolute Gasteiger partial charge is 0.266 e. The molecule has 4 rings (SSSR count). The Balaban J connectivity index is 1.67. The van der Waals surface area contributed by atoms with Crippen molar-refractivity contribution in [3.8, 4) is 0 Å². The Morgan fingerprint density at radius 3 is 2.24 bits per heavy atom. The first-order valence-electron chi connectivity index (χ1n) is 9.32. The van der Waals surface area contributed by atoms with E-state index in [4.69, 9.17) is 11.6 Å². The number of azo groups is 1. The number of aryl methyl sites for hydroxylation is 1. The third-order valence-corrected chi connectivity index (χ3v) is 6.80. The lowest BCUT2D eigenvalue weighted by Gasteiger charge is -2.28. The maximum absolute atomic E-state index is 13.4. The number of thioether (sulfide) groups is 1. The Morgan fingerprint density at radius 1 is 0.966 bits per heavy atom. The summed E-state index contributed by atoms with van der Waals surface area (Å²) in [6.45, 7) is 2.00. The van der Waals surface area contributed by atoms with Gasteiger partial charge in [-0.15, -0.1) is 11.6 Å². The molecule has 29 heavy (non-hydrogen) atoms. The van der Waals surface area contributed by atoms with Crippen LogP contribution in [0.2, 0.25) is 0 Å². The van der Waals surface area contributed by atoms with E-state index in [0.717, 1.165) is 16.0 Å². The molecule has 1 amide bonds. The lowest BCUT2D eigenvalue weighted by Crippen LogP contribution is -2.45. The summed E-state index contributed by atoms with van der Waals surface area (Å²) in [6.07, 6.45) is 0. The van der Waals surface area contributed by atoms with Gasteiger partial charge in [-0.25, -0.2) is 0 Å². The minimum atomic E-state index is -1.27. The number of hydrogen-bond acceptors (Lipinski definition) is 4. The molecule has 6 heteroatoms. The number of benzene rings is 3. The van der Waals surface area contributed by atoms with Gasteiger partial charge in [-0.05, 0) is 36.8 Å². The van der Waals surface area contributed by atoms with E-state index in [1.54, 1.807) is 0 Å². The van der Waals surface area contributed by atoms with Gasteiger partial charge in [-0.1, -0.05) is 78.0 Å². The van der Waals surface area contributed by atoms with Crippen LogP contribution in [-0.4, -0.2) is 16.2 Å². The van der Waals surface area contributed by atoms with Gasteiger partial charge in [-0.2, -0.15) is 10.2 Å². The molecule has 1 aliphatic heterocycles. The summed E-state index contributed by atoms with van der Waals surface area (Å²) >= 11 is 8.23. The van der Waals surface area contributed by atoms with E-state index in [9.17, 15) is 4.79 Å². The minimum Gasteiger partial charge on any atom is -0.323 e. The second-order valence-electron chi connectivity index (χ2n) is 6.90. The highest BCUT2D eigenvalue weighted by Crippen LogP contribution is 2.50. The molecule has 146 valence electrons. The van der Waals surface area contributed by atoms with Crippen LogP contribution >= 0.6 is 23.4 Å². The van der Waals surface area contributed by atoms with Crippen LogP contribution in [0.3, 0.4) is 0 Å². The molecule has 0 radical (unpaired) electrons. The van der Waals surface area contributed by atoms with Crippen molar-refractivity contribution in [1.29, 1.82) is 0 Å². The predicted molar refractivity (Wildman–Crippen MR) is 119 cm³/mol. The van der Waals surface area contributed by atoms with E-state index < -0.39 is 16.3 Å². The van der Waals surface area contributed by atoms with Gasteiger partial charge >= 0.3 is 0 Å². The first-order chi connectivity index (χ1) is 14.1. The number of anilines is 1. The van der Waals surface area contributed by atoms with Gasteiger partial charge in [0.05, 0.1) is 0 Å². The molecule has 0 saturated carbocycles. The average Bonchev–Trinajstić information content (AvgIpc) is 3.08. The summed E-state index contributed by atoms with van der Waals surface area (Å²) in [6, 6.07) is 26.7. The summed E-state index contributed by atoms with van der Waals surface area (Å²) in [5, 5.41) is 11.2. The maximum atomic E-state index is 13.4. The highest BCUT2D eigenvalue weighted by atomic mass is 35.5. The second-order valence-corrected chi connectivity index (χ2v) is 8.67. The van der Waals surface area contributed by atoms with Crippen LogP contribution in [0, 0.1) is 6.92 Å². The van der Waals surface area contributed by atoms with E-state index in [1.165, 1.54) is 11.8 Å². The number of rotatable bonds is 5. The Labute approximate surface area is 179 Å². The van der Waals surface area contributed by atoms with Gasteiger partial charge in [0.1, 0.15) is 11.4 Å². The van der Waals surface area contributed by atoms with Crippen LogP contribution in [-0.2, 0) is 4.79 Å². The van der Waals surface area contributed by atoms with Crippen LogP contribution < -0.4 is 5.32 Å². The molecule has 4 nitrogen and oxygen atoms in total. The van der Waals surface area contributed by atoms with Crippen LogP contribution in [0.4, 0.5) is 5.69 Å². The van der Waals surface area contributed by atoms with Gasteiger partial charge in [0, 0.05) is 10.6 Å². The van der Waals surface area contributed by atoms with Gasteiger partial charge in [-0.3, -0.25) is 4.79 Å². The number of alkyl halides is 1. The molecule has 0 spiro atoms. The molecule has 3 atom stereocenters. The van der Waals surface area contributed by atoms with Crippen LogP contribution in [0.25, 0.3) is 0 Å². The number of carbonyl (C=O) groups is 1. The van der Waals surface area contributed by atoms with Crippen LogP contribution in [0.1, 0.15) is 17.2 Å². The molecule has 0 saturated heterocycles. The molecule has 0 unspecified atom stereocenters. The molecule has 1 N–H and O–H groups in total. The summed E-state index contributed by atoms with van der Waals surface area (Å²) in [5.74, 6) is -0.280. The monoisotopic (exact) mass is 421 g/mol. The standard InChI is InChI=1S/C23H20ClN3OS/c1-16-12-14-18(15-13-16)25-22(28)23(29-19-10-6-3-7-11-19)21(24)20(26-27-23)17-8-4-2-5-9-17/h2-15,20-21H,1H3,(H,25,28)/t20-,21-,23+/m0/s1. The third-order valence-electron chi connectivity index (χ3n) is 4.77. The van der Waals surface area contributed by atoms with Crippen molar-refractivity contribution in [3.63, 3.8) is 0 Å². The number of halogens is 1. The summed E-state index contributed by atoms with van der Waals surface area (Å²) in [7, 11) is 0. The van der Waals surface area contributed by atoms with Gasteiger partial charge in [0.25, 0.3) is 5.91 Å². The van der Waals surface area contributed by atoms with Crippen molar-refractivity contribution in [2.24, 2.45) is 10.2 Å². The van der Waals surface area contributed by atoms with E-state index in [-0.39, 0.29) is 5.91 Å². The Hall–Kier alpha value is -2.63. The minimum absolute atomic E-state index is 0.280. The van der Waals surface area contributed by atoms with Gasteiger partial charge in [0.15, 0.2) is 0 Å². The molecule has 0 aromatic heterocycles. The highest BCUT2D eigenvalue weighted by molar-refractivity contribution is 8.01. The summed E-state index contributed by atoms with van der Waals surface area (Å²) < 4.78 is 0. The molecule has 1 heterocycles. The van der Waals surface area contributed by atoms with Crippen LogP contribution in [0.15, 0.2) is 100 Å². The number of nitrogens with one attached hydrogen (secondary N) is 1. The molecule has 0 aliphatic carbocycles. The Kier molecular flexibility index (Phi) is 5.69. The molecular formula is C23H20ClN3OS. The zero-order valence-electron chi connectivity index (χ0n) is 15.8. The second kappa shape index (κ2) is 8.39. The molecule has 1 aliphatic rings. The molecular weight excluding hydrogens is 402 g/mol. The maximum Gasteiger partial charge on any atom is 0.266 e. The number of hydrogen-bond donors (Lipinski definition) is 1. The number of carbonyl (C=O) groups excluding carboxylic acids is 1. The lowest BCUT2D eigenvalue weighted by atomic mass is 10.00. The quantitative estimate of drug-likeness (QED) is 0.496. The zero-order valence-corrected chi connectivity index (χ0v) is 17.4. The molecule has 3 aromatic carbocycles. The summed E-state index contributed by atoms with van der Waals surface area (Å²) in [4.78, 5) is 13.1. The average molecular weight is 422 g/mol. The summed E-state index contributed by atoms with van der Waals surface area (Å²) in [5.41, 5.74) is 2.77. The third kappa shape index (κ3) is 4.07. The first-order valence-corrected chi connectivity index (χ1v) is 10.6. The van der Waals surface area contributed by atoms with Crippen molar-refractivity contribution in [3.05, 3.63) is 96.1 Å². The number of nitrogens with zero attached hydrogens (tertiary/aromatic N) is 2. The number of amides is 1. The normalized spacial score (nSPS) is 23.1. The lowest BCUT2D eigenvalue weighted by molar-refractivity contribution is -0.118. The van der Waals surface area contributed by atoms with E-state index in [1.807, 2.05) is 91.9 Å². The first kappa shape index (κ1) is 19.7. The fourth-order valence-corrected chi connectivity index (χ4v) is 4.78. The van der Waals surface area contributed by atoms with Crippen molar-refractivity contribution in [2.75, 3.05) is 5.32 Å². The fourth-order valence-electron chi connectivity index (χ4n) is 3.18. The Morgan fingerprint density at radius 2 is 1.59 bits per heavy atom. The molecule has 0 fully saturated rings. The zero-order chi connectivity index (χ0) is 20.3. The van der Waals surface area contributed by atoms with E-state index in [2.05, 4.69) is 15.5 Å².